The summed E-state index contributed by atoms with van der Waals surface area (Å²) in [6.45, 7) is 0. The van der Waals surface area contributed by atoms with Gasteiger partial charge in [-0.05, 0) is 25.2 Å². The standard InChI is InChI=1S/C14H12F4N2/c1-19-13(10-4-2-3-5-11(10)15)12-7-6-9(8-20-12)14(16,17)18/h2-8,13,19H,1H3. The molecule has 106 valence electrons. The highest BCUT2D eigenvalue weighted by Crippen LogP contribution is 2.30. The van der Waals surface area contributed by atoms with Crippen LogP contribution in [0.5, 0.6) is 0 Å². The van der Waals surface area contributed by atoms with Gasteiger partial charge in [0, 0.05) is 11.8 Å². The lowest BCUT2D eigenvalue weighted by Gasteiger charge is -2.17. The van der Waals surface area contributed by atoms with Crippen LogP contribution in [0.25, 0.3) is 0 Å². The molecule has 6 heteroatoms. The number of nitrogens with zero attached hydrogens (tertiary/aromatic N) is 1. The Hall–Kier alpha value is -1.95. The third-order valence-corrected chi connectivity index (χ3v) is 2.91. The first kappa shape index (κ1) is 14.5. The van der Waals surface area contributed by atoms with Gasteiger partial charge in [0.2, 0.25) is 0 Å². The molecule has 0 radical (unpaired) electrons. The van der Waals surface area contributed by atoms with Gasteiger partial charge in [-0.1, -0.05) is 18.2 Å². The van der Waals surface area contributed by atoms with Gasteiger partial charge in [-0.25, -0.2) is 4.39 Å². The van der Waals surface area contributed by atoms with Crippen molar-refractivity contribution in [3.05, 3.63) is 65.2 Å². The van der Waals surface area contributed by atoms with Crippen molar-refractivity contribution in [2.75, 3.05) is 7.05 Å². The lowest BCUT2D eigenvalue weighted by molar-refractivity contribution is -0.137. The first-order valence-electron chi connectivity index (χ1n) is 5.88. The summed E-state index contributed by atoms with van der Waals surface area (Å²) in [5.41, 5.74) is -0.169. The highest BCUT2D eigenvalue weighted by molar-refractivity contribution is 5.30. The average Bonchev–Trinajstić information content (AvgIpc) is 2.41. The number of nitrogens with one attached hydrogen (secondary N) is 1. The second-order valence-corrected chi connectivity index (χ2v) is 4.21. The molecule has 0 bridgehead atoms. The third kappa shape index (κ3) is 2.96. The maximum atomic E-state index is 13.7. The zero-order valence-corrected chi connectivity index (χ0v) is 10.6. The number of hydrogen-bond donors (Lipinski definition) is 1. The molecule has 2 nitrogen and oxygen atoms in total. The normalized spacial score (nSPS) is 13.2. The predicted molar refractivity (Wildman–Crippen MR) is 66.5 cm³/mol. The zero-order chi connectivity index (χ0) is 14.8. The molecule has 2 aromatic rings. The topological polar surface area (TPSA) is 24.9 Å². The number of aromatic nitrogens is 1. The molecule has 1 N–H and O–H groups in total. The van der Waals surface area contributed by atoms with Crippen molar-refractivity contribution in [3.63, 3.8) is 0 Å². The van der Waals surface area contributed by atoms with Gasteiger partial charge in [-0.2, -0.15) is 13.2 Å². The monoisotopic (exact) mass is 284 g/mol. The van der Waals surface area contributed by atoms with Gasteiger partial charge < -0.3 is 5.32 Å². The van der Waals surface area contributed by atoms with Crippen molar-refractivity contribution < 1.29 is 17.6 Å². The van der Waals surface area contributed by atoms with Crippen LogP contribution in [0.15, 0.2) is 42.6 Å². The van der Waals surface area contributed by atoms with E-state index in [0.717, 1.165) is 12.3 Å². The van der Waals surface area contributed by atoms with Gasteiger partial charge in [-0.3, -0.25) is 4.98 Å². The first-order chi connectivity index (χ1) is 9.43. The summed E-state index contributed by atoms with van der Waals surface area (Å²) in [7, 11) is 1.59. The average molecular weight is 284 g/mol. The van der Waals surface area contributed by atoms with E-state index < -0.39 is 23.6 Å². The quantitative estimate of drug-likeness (QED) is 0.872. The van der Waals surface area contributed by atoms with Crippen LogP contribution in [-0.2, 0) is 6.18 Å². The van der Waals surface area contributed by atoms with Crippen molar-refractivity contribution in [2.24, 2.45) is 0 Å². The Morgan fingerprint density at radius 2 is 1.80 bits per heavy atom. The molecule has 0 aliphatic heterocycles. The summed E-state index contributed by atoms with van der Waals surface area (Å²) in [5.74, 6) is -0.437. The van der Waals surface area contributed by atoms with Gasteiger partial charge in [0.15, 0.2) is 0 Å². The van der Waals surface area contributed by atoms with Crippen LogP contribution < -0.4 is 5.32 Å². The Kier molecular flexibility index (Phi) is 4.04. The molecular formula is C14H12F4N2. The Labute approximate surface area is 113 Å². The molecule has 0 saturated carbocycles. The van der Waals surface area contributed by atoms with Crippen LogP contribution in [0.1, 0.15) is 22.9 Å². The van der Waals surface area contributed by atoms with Crippen molar-refractivity contribution >= 4 is 0 Å². The lowest BCUT2D eigenvalue weighted by Crippen LogP contribution is -2.20. The Morgan fingerprint density at radius 3 is 2.30 bits per heavy atom. The van der Waals surface area contributed by atoms with E-state index in [2.05, 4.69) is 10.3 Å². The number of benzene rings is 1. The molecule has 2 rings (SSSR count). The van der Waals surface area contributed by atoms with E-state index in [0.29, 0.717) is 11.3 Å². The van der Waals surface area contributed by atoms with Crippen LogP contribution in [0, 0.1) is 5.82 Å². The Balaban J connectivity index is 2.36. The lowest BCUT2D eigenvalue weighted by atomic mass is 10.0. The van der Waals surface area contributed by atoms with Crippen LogP contribution in [0.4, 0.5) is 17.6 Å². The van der Waals surface area contributed by atoms with E-state index in [4.69, 9.17) is 0 Å². The molecule has 0 amide bonds. The smallest absolute Gasteiger partial charge is 0.308 e. The number of hydrogen-bond acceptors (Lipinski definition) is 2. The molecule has 1 aromatic carbocycles. The molecule has 0 saturated heterocycles. The van der Waals surface area contributed by atoms with Crippen molar-refractivity contribution in [1.29, 1.82) is 0 Å². The third-order valence-electron chi connectivity index (χ3n) is 2.91. The highest BCUT2D eigenvalue weighted by atomic mass is 19.4. The molecule has 1 aromatic heterocycles. The Bertz CT molecular complexity index is 578. The summed E-state index contributed by atoms with van der Waals surface area (Å²) < 4.78 is 51.2. The van der Waals surface area contributed by atoms with Gasteiger partial charge in [-0.15, -0.1) is 0 Å². The SMILES string of the molecule is CNC(c1ccc(C(F)(F)F)cn1)c1ccccc1F. The predicted octanol–water partition coefficient (Wildman–Crippen LogP) is 3.55. The Morgan fingerprint density at radius 1 is 1.10 bits per heavy atom. The van der Waals surface area contributed by atoms with Gasteiger partial charge in [0.05, 0.1) is 17.3 Å². The minimum Gasteiger partial charge on any atom is -0.308 e. The summed E-state index contributed by atoms with van der Waals surface area (Å²) in [4.78, 5) is 3.78. The van der Waals surface area contributed by atoms with Crippen LogP contribution >= 0.6 is 0 Å². The molecule has 0 spiro atoms. The summed E-state index contributed by atoms with van der Waals surface area (Å²) in [5, 5.41) is 2.85. The first-order valence-corrected chi connectivity index (χ1v) is 5.88. The minimum atomic E-state index is -4.43. The van der Waals surface area contributed by atoms with Crippen molar-refractivity contribution in [3.8, 4) is 0 Å². The van der Waals surface area contributed by atoms with Crippen LogP contribution in [0.3, 0.4) is 0 Å². The largest absolute Gasteiger partial charge is 0.417 e. The second-order valence-electron chi connectivity index (χ2n) is 4.21. The molecule has 20 heavy (non-hydrogen) atoms. The molecule has 0 aliphatic carbocycles. The zero-order valence-electron chi connectivity index (χ0n) is 10.6. The van der Waals surface area contributed by atoms with E-state index in [1.807, 2.05) is 0 Å². The molecule has 1 unspecified atom stereocenters. The van der Waals surface area contributed by atoms with E-state index in [1.54, 1.807) is 25.2 Å². The van der Waals surface area contributed by atoms with Crippen LogP contribution in [0.2, 0.25) is 0 Å². The van der Waals surface area contributed by atoms with Crippen molar-refractivity contribution in [2.45, 2.75) is 12.2 Å². The fourth-order valence-corrected chi connectivity index (χ4v) is 1.92. The molecular weight excluding hydrogens is 272 g/mol. The molecule has 1 heterocycles. The van der Waals surface area contributed by atoms with E-state index in [-0.39, 0.29) is 0 Å². The number of pyridine rings is 1. The highest BCUT2D eigenvalue weighted by Gasteiger charge is 2.31. The fraction of sp³-hybridized carbons (Fsp3) is 0.214. The summed E-state index contributed by atoms with van der Waals surface area (Å²) in [6.07, 6.45) is -3.68. The number of halogens is 4. The van der Waals surface area contributed by atoms with E-state index in [1.165, 1.54) is 12.1 Å². The summed E-state index contributed by atoms with van der Waals surface area (Å²) in [6, 6.07) is 7.65. The number of rotatable bonds is 3. The van der Waals surface area contributed by atoms with Crippen LogP contribution in [-0.4, -0.2) is 12.0 Å². The second kappa shape index (κ2) is 5.58. The minimum absolute atomic E-state index is 0.325. The van der Waals surface area contributed by atoms with Gasteiger partial charge in [0.25, 0.3) is 0 Å². The van der Waals surface area contributed by atoms with Crippen molar-refractivity contribution in [1.82, 2.24) is 10.3 Å². The maximum Gasteiger partial charge on any atom is 0.417 e. The van der Waals surface area contributed by atoms with Gasteiger partial charge >= 0.3 is 6.18 Å². The maximum absolute atomic E-state index is 13.7. The fourth-order valence-electron chi connectivity index (χ4n) is 1.92. The van der Waals surface area contributed by atoms with E-state index >= 15 is 0 Å². The summed E-state index contributed by atoms with van der Waals surface area (Å²) >= 11 is 0. The molecule has 0 aliphatic rings. The van der Waals surface area contributed by atoms with E-state index in [9.17, 15) is 17.6 Å². The van der Waals surface area contributed by atoms with Gasteiger partial charge in [0.1, 0.15) is 5.82 Å². The molecule has 0 fully saturated rings. The molecule has 1 atom stereocenters. The number of alkyl halides is 3.